The van der Waals surface area contributed by atoms with Gasteiger partial charge in [-0.15, -0.1) is 0 Å². The molecule has 112 valence electrons. The van der Waals surface area contributed by atoms with Crippen LogP contribution in [-0.4, -0.2) is 42.7 Å². The van der Waals surface area contributed by atoms with Gasteiger partial charge in [-0.3, -0.25) is 4.90 Å². The van der Waals surface area contributed by atoms with Crippen LogP contribution in [0.3, 0.4) is 0 Å². The van der Waals surface area contributed by atoms with Crippen molar-refractivity contribution in [3.63, 3.8) is 0 Å². The highest BCUT2D eigenvalue weighted by atomic mass is 16.3. The molecule has 2 rings (SSSR count). The van der Waals surface area contributed by atoms with E-state index < -0.39 is 0 Å². The number of hydrogen-bond acceptors (Lipinski definition) is 3. The lowest BCUT2D eigenvalue weighted by atomic mass is 10.1. The standard InChI is InChI=1S/C17H28N2O/c1-4-17(20)15-5-7-16(8-6-15)19-11-9-18(10-12-19)13-14(2)3/h5-8,14,17,20H,4,9-13H2,1-3H3/t17-/m1/s1. The first-order valence-electron chi connectivity index (χ1n) is 7.85. The predicted molar refractivity (Wildman–Crippen MR) is 85.2 cm³/mol. The number of piperazine rings is 1. The molecular formula is C17H28N2O. The molecule has 0 aromatic heterocycles. The van der Waals surface area contributed by atoms with Crippen LogP contribution in [-0.2, 0) is 0 Å². The molecule has 3 nitrogen and oxygen atoms in total. The lowest BCUT2D eigenvalue weighted by Gasteiger charge is -2.37. The van der Waals surface area contributed by atoms with Gasteiger partial charge in [0.15, 0.2) is 0 Å². The number of aliphatic hydroxyl groups is 1. The van der Waals surface area contributed by atoms with Crippen molar-refractivity contribution in [3.8, 4) is 0 Å². The van der Waals surface area contributed by atoms with Crippen molar-refractivity contribution in [1.29, 1.82) is 0 Å². The van der Waals surface area contributed by atoms with Crippen molar-refractivity contribution < 1.29 is 5.11 Å². The fourth-order valence-electron chi connectivity index (χ4n) is 2.85. The first-order valence-corrected chi connectivity index (χ1v) is 7.85. The second kappa shape index (κ2) is 7.09. The molecule has 0 amide bonds. The van der Waals surface area contributed by atoms with E-state index in [1.165, 1.54) is 12.2 Å². The molecule has 0 radical (unpaired) electrons. The minimum absolute atomic E-state index is 0.327. The molecule has 1 N–H and O–H groups in total. The van der Waals surface area contributed by atoms with Crippen LogP contribution in [0.5, 0.6) is 0 Å². The van der Waals surface area contributed by atoms with E-state index in [1.54, 1.807) is 0 Å². The monoisotopic (exact) mass is 276 g/mol. The van der Waals surface area contributed by atoms with Crippen molar-refractivity contribution in [1.82, 2.24) is 4.90 Å². The van der Waals surface area contributed by atoms with Crippen LogP contribution in [0.15, 0.2) is 24.3 Å². The van der Waals surface area contributed by atoms with Gasteiger partial charge in [0.25, 0.3) is 0 Å². The van der Waals surface area contributed by atoms with E-state index in [0.717, 1.165) is 44.1 Å². The Hall–Kier alpha value is -1.06. The summed E-state index contributed by atoms with van der Waals surface area (Å²) in [6, 6.07) is 8.41. The van der Waals surface area contributed by atoms with Gasteiger partial charge >= 0.3 is 0 Å². The molecule has 0 spiro atoms. The van der Waals surface area contributed by atoms with Gasteiger partial charge in [-0.25, -0.2) is 0 Å². The number of rotatable bonds is 5. The van der Waals surface area contributed by atoms with Gasteiger partial charge < -0.3 is 10.0 Å². The third kappa shape index (κ3) is 3.97. The van der Waals surface area contributed by atoms with E-state index in [0.29, 0.717) is 0 Å². The summed E-state index contributed by atoms with van der Waals surface area (Å²) < 4.78 is 0. The Balaban J connectivity index is 1.90. The number of aliphatic hydroxyl groups excluding tert-OH is 1. The first kappa shape index (κ1) is 15.3. The summed E-state index contributed by atoms with van der Waals surface area (Å²) >= 11 is 0. The smallest absolute Gasteiger partial charge is 0.0787 e. The molecular weight excluding hydrogens is 248 g/mol. The van der Waals surface area contributed by atoms with Gasteiger partial charge in [0.1, 0.15) is 0 Å². The summed E-state index contributed by atoms with van der Waals surface area (Å²) in [5.74, 6) is 0.747. The van der Waals surface area contributed by atoms with Gasteiger partial charge in [-0.2, -0.15) is 0 Å². The average Bonchev–Trinajstić information content (AvgIpc) is 2.47. The summed E-state index contributed by atoms with van der Waals surface area (Å²) in [5, 5.41) is 9.83. The Morgan fingerprint density at radius 3 is 2.15 bits per heavy atom. The van der Waals surface area contributed by atoms with Gasteiger partial charge in [-0.1, -0.05) is 32.9 Å². The molecule has 1 fully saturated rings. The maximum Gasteiger partial charge on any atom is 0.0787 e. The summed E-state index contributed by atoms with van der Waals surface area (Å²) in [6.07, 6.45) is 0.444. The zero-order valence-corrected chi connectivity index (χ0v) is 13.0. The summed E-state index contributed by atoms with van der Waals surface area (Å²) in [5.41, 5.74) is 2.30. The molecule has 1 saturated heterocycles. The van der Waals surface area contributed by atoms with Crippen molar-refractivity contribution in [2.75, 3.05) is 37.6 Å². The molecule has 0 saturated carbocycles. The second-order valence-electron chi connectivity index (χ2n) is 6.20. The van der Waals surface area contributed by atoms with Gasteiger partial charge in [0.05, 0.1) is 6.10 Å². The molecule has 1 heterocycles. The molecule has 20 heavy (non-hydrogen) atoms. The quantitative estimate of drug-likeness (QED) is 0.896. The average molecular weight is 276 g/mol. The molecule has 3 heteroatoms. The molecule has 1 aromatic carbocycles. The van der Waals surface area contributed by atoms with E-state index in [9.17, 15) is 5.11 Å². The highest BCUT2D eigenvalue weighted by molar-refractivity contribution is 5.48. The minimum Gasteiger partial charge on any atom is -0.388 e. The van der Waals surface area contributed by atoms with Crippen LogP contribution in [0, 0.1) is 5.92 Å². The molecule has 1 aromatic rings. The maximum absolute atomic E-state index is 9.83. The third-order valence-corrected chi connectivity index (χ3v) is 4.03. The highest BCUT2D eigenvalue weighted by Crippen LogP contribution is 2.22. The third-order valence-electron chi connectivity index (χ3n) is 4.03. The zero-order chi connectivity index (χ0) is 14.5. The van der Waals surface area contributed by atoms with Crippen LogP contribution in [0.25, 0.3) is 0 Å². The Morgan fingerprint density at radius 1 is 1.05 bits per heavy atom. The van der Waals surface area contributed by atoms with Crippen LogP contribution in [0.4, 0.5) is 5.69 Å². The predicted octanol–water partition coefficient (Wildman–Crippen LogP) is 2.91. The topological polar surface area (TPSA) is 26.7 Å². The lowest BCUT2D eigenvalue weighted by Crippen LogP contribution is -2.47. The normalized spacial score (nSPS) is 18.6. The van der Waals surface area contributed by atoms with Gasteiger partial charge in [0.2, 0.25) is 0 Å². The summed E-state index contributed by atoms with van der Waals surface area (Å²) in [4.78, 5) is 5.00. The van der Waals surface area contributed by atoms with Crippen LogP contribution >= 0.6 is 0 Å². The SMILES string of the molecule is CC[C@@H](O)c1ccc(N2CCN(CC(C)C)CC2)cc1. The largest absolute Gasteiger partial charge is 0.388 e. The highest BCUT2D eigenvalue weighted by Gasteiger charge is 2.17. The Morgan fingerprint density at radius 2 is 1.65 bits per heavy atom. The minimum atomic E-state index is -0.327. The second-order valence-corrected chi connectivity index (χ2v) is 6.20. The number of benzene rings is 1. The summed E-state index contributed by atoms with van der Waals surface area (Å²) in [6.45, 7) is 12.3. The number of nitrogens with zero attached hydrogens (tertiary/aromatic N) is 2. The van der Waals surface area contributed by atoms with E-state index in [2.05, 4.69) is 47.9 Å². The van der Waals surface area contributed by atoms with Crippen molar-refractivity contribution in [3.05, 3.63) is 29.8 Å². The van der Waals surface area contributed by atoms with Gasteiger partial charge in [0, 0.05) is 38.4 Å². The number of hydrogen-bond donors (Lipinski definition) is 1. The molecule has 0 bridgehead atoms. The summed E-state index contributed by atoms with van der Waals surface area (Å²) in [7, 11) is 0. The molecule has 0 aliphatic carbocycles. The molecule has 1 aliphatic heterocycles. The first-order chi connectivity index (χ1) is 9.60. The molecule has 1 aliphatic rings. The van der Waals surface area contributed by atoms with E-state index in [-0.39, 0.29) is 6.10 Å². The van der Waals surface area contributed by atoms with E-state index in [1.807, 2.05) is 6.92 Å². The Kier molecular flexibility index (Phi) is 5.44. The fraction of sp³-hybridized carbons (Fsp3) is 0.647. The maximum atomic E-state index is 9.83. The van der Waals surface area contributed by atoms with Crippen LogP contribution in [0.1, 0.15) is 38.9 Å². The van der Waals surface area contributed by atoms with Crippen molar-refractivity contribution in [2.24, 2.45) is 5.92 Å². The Bertz CT molecular complexity index is 394. The zero-order valence-electron chi connectivity index (χ0n) is 13.0. The molecule has 1 atom stereocenters. The van der Waals surface area contributed by atoms with Gasteiger partial charge in [-0.05, 0) is 30.0 Å². The van der Waals surface area contributed by atoms with E-state index >= 15 is 0 Å². The van der Waals surface area contributed by atoms with Crippen molar-refractivity contribution >= 4 is 5.69 Å². The van der Waals surface area contributed by atoms with Crippen LogP contribution < -0.4 is 4.90 Å². The molecule has 0 unspecified atom stereocenters. The lowest BCUT2D eigenvalue weighted by molar-refractivity contribution is 0.173. The van der Waals surface area contributed by atoms with Crippen LogP contribution in [0.2, 0.25) is 0 Å². The van der Waals surface area contributed by atoms with Crippen molar-refractivity contribution in [2.45, 2.75) is 33.3 Å². The fourth-order valence-corrected chi connectivity index (χ4v) is 2.85. The number of anilines is 1. The van der Waals surface area contributed by atoms with E-state index in [4.69, 9.17) is 0 Å². The Labute approximate surface area is 123 Å².